The molecule has 4 rings (SSSR count). The zero-order valence-corrected chi connectivity index (χ0v) is 18.0. The second-order valence-electron chi connectivity index (χ2n) is 7.85. The normalized spacial score (nSPS) is 18.7. The monoisotopic (exact) mass is 428 g/mol. The van der Waals surface area contributed by atoms with Crippen LogP contribution in [0.3, 0.4) is 0 Å². The van der Waals surface area contributed by atoms with E-state index in [2.05, 4.69) is 25.5 Å². The molecule has 2 fully saturated rings. The Morgan fingerprint density at radius 3 is 2.53 bits per heavy atom. The van der Waals surface area contributed by atoms with Gasteiger partial charge in [-0.25, -0.2) is 14.7 Å². The Bertz CT molecular complexity index is 991. The molecule has 0 aromatic carbocycles. The number of imide groups is 1. The van der Waals surface area contributed by atoms with Crippen LogP contribution in [0.2, 0.25) is 0 Å². The van der Waals surface area contributed by atoms with Gasteiger partial charge in [0, 0.05) is 49.0 Å². The van der Waals surface area contributed by atoms with Crippen LogP contribution in [-0.2, 0) is 16.1 Å². The molecule has 0 unspecified atom stereocenters. The highest BCUT2D eigenvalue weighted by atomic mass is 32.1. The summed E-state index contributed by atoms with van der Waals surface area (Å²) < 4.78 is 0. The Balaban J connectivity index is 1.42. The first-order chi connectivity index (χ1) is 14.3. The van der Waals surface area contributed by atoms with Gasteiger partial charge in [-0.15, -0.1) is 11.3 Å². The summed E-state index contributed by atoms with van der Waals surface area (Å²) >= 11 is 1.44. The third-order valence-corrected chi connectivity index (χ3v) is 6.31. The maximum atomic E-state index is 13.2. The molecule has 2 saturated heterocycles. The minimum absolute atomic E-state index is 0.143. The minimum atomic E-state index is -0.853. The number of likely N-dealkylation sites (tertiary alicyclic amines) is 1. The number of aromatic nitrogens is 2. The van der Waals surface area contributed by atoms with Gasteiger partial charge in [0.1, 0.15) is 5.54 Å². The van der Waals surface area contributed by atoms with Gasteiger partial charge < -0.3 is 10.6 Å². The quantitative estimate of drug-likeness (QED) is 0.723. The number of aryl methyl sites for hydroxylation is 2. The molecule has 2 aromatic rings. The molecule has 4 amide bonds. The smallest absolute Gasteiger partial charge is 0.323 e. The van der Waals surface area contributed by atoms with Gasteiger partial charge in [-0.1, -0.05) is 0 Å². The van der Waals surface area contributed by atoms with E-state index in [0.717, 1.165) is 16.3 Å². The van der Waals surface area contributed by atoms with Crippen molar-refractivity contribution in [1.82, 2.24) is 20.2 Å². The van der Waals surface area contributed by atoms with Gasteiger partial charge in [0.15, 0.2) is 5.13 Å². The van der Waals surface area contributed by atoms with Crippen LogP contribution in [0.5, 0.6) is 0 Å². The van der Waals surface area contributed by atoms with Crippen molar-refractivity contribution in [3.63, 3.8) is 0 Å². The molecule has 2 aliphatic rings. The first-order valence-corrected chi connectivity index (χ1v) is 10.6. The number of carbonyl (C=O) groups excluding carboxylic acids is 3. The van der Waals surface area contributed by atoms with Crippen molar-refractivity contribution in [2.45, 2.75) is 45.7 Å². The third kappa shape index (κ3) is 3.92. The summed E-state index contributed by atoms with van der Waals surface area (Å²) in [5.41, 5.74) is 1.25. The highest BCUT2D eigenvalue weighted by Gasteiger charge is 2.52. The number of amides is 4. The molecule has 2 N–H and O–H groups in total. The van der Waals surface area contributed by atoms with Crippen LogP contribution in [0.15, 0.2) is 18.3 Å². The van der Waals surface area contributed by atoms with Crippen molar-refractivity contribution < 1.29 is 14.4 Å². The zero-order valence-electron chi connectivity index (χ0n) is 17.2. The maximum Gasteiger partial charge on any atom is 0.329 e. The molecule has 158 valence electrons. The number of urea groups is 1. The van der Waals surface area contributed by atoms with Crippen molar-refractivity contribution >= 4 is 40.0 Å². The van der Waals surface area contributed by atoms with Crippen LogP contribution in [0, 0.1) is 13.8 Å². The summed E-state index contributed by atoms with van der Waals surface area (Å²) in [6.45, 7) is 7.21. The van der Waals surface area contributed by atoms with E-state index < -0.39 is 5.54 Å². The van der Waals surface area contributed by atoms with Gasteiger partial charge in [0.2, 0.25) is 5.91 Å². The Kier molecular flexibility index (Phi) is 5.29. The largest absolute Gasteiger partial charge is 0.329 e. The predicted octanol–water partition coefficient (Wildman–Crippen LogP) is 2.20. The van der Waals surface area contributed by atoms with E-state index in [1.54, 1.807) is 18.3 Å². The highest BCUT2D eigenvalue weighted by Crippen LogP contribution is 2.33. The van der Waals surface area contributed by atoms with E-state index in [9.17, 15) is 14.4 Å². The van der Waals surface area contributed by atoms with Gasteiger partial charge in [-0.2, -0.15) is 0 Å². The van der Waals surface area contributed by atoms with Crippen molar-refractivity contribution in [2.24, 2.45) is 0 Å². The summed E-state index contributed by atoms with van der Waals surface area (Å²) in [5.74, 6) is -0.335. The van der Waals surface area contributed by atoms with Gasteiger partial charge in [0.05, 0.1) is 5.69 Å². The fourth-order valence-electron chi connectivity index (χ4n) is 4.04. The van der Waals surface area contributed by atoms with E-state index in [0.29, 0.717) is 43.3 Å². The Morgan fingerprint density at radius 1 is 1.23 bits per heavy atom. The zero-order chi connectivity index (χ0) is 21.5. The number of anilines is 2. The lowest BCUT2D eigenvalue weighted by Gasteiger charge is -2.37. The van der Waals surface area contributed by atoms with E-state index >= 15 is 0 Å². The summed E-state index contributed by atoms with van der Waals surface area (Å²) in [5, 5.41) is 6.22. The SMILES string of the molecule is CC(=O)Nc1ncc(CN2CCC3(CC2)NC(=O)N(c2cc(C)nc(C)c2)C3=O)s1. The molecule has 0 atom stereocenters. The lowest BCUT2D eigenvalue weighted by molar-refractivity contribution is -0.123. The molecule has 0 saturated carbocycles. The van der Waals surface area contributed by atoms with Crippen LogP contribution >= 0.6 is 11.3 Å². The molecule has 2 aromatic heterocycles. The minimum Gasteiger partial charge on any atom is -0.323 e. The first kappa shape index (κ1) is 20.4. The summed E-state index contributed by atoms with van der Waals surface area (Å²) in [6.07, 6.45) is 2.86. The topological polar surface area (TPSA) is 108 Å². The number of nitrogens with one attached hydrogen (secondary N) is 2. The molecule has 0 bridgehead atoms. The van der Waals surface area contributed by atoms with Gasteiger partial charge in [-0.3, -0.25) is 19.5 Å². The Hall–Kier alpha value is -2.85. The van der Waals surface area contributed by atoms with Gasteiger partial charge in [0.25, 0.3) is 5.91 Å². The number of pyridine rings is 1. The van der Waals surface area contributed by atoms with Crippen molar-refractivity contribution in [1.29, 1.82) is 0 Å². The number of thiazole rings is 1. The van der Waals surface area contributed by atoms with Crippen molar-refractivity contribution in [2.75, 3.05) is 23.3 Å². The van der Waals surface area contributed by atoms with Gasteiger partial charge in [-0.05, 0) is 38.8 Å². The molecule has 30 heavy (non-hydrogen) atoms. The van der Waals surface area contributed by atoms with E-state index in [4.69, 9.17) is 0 Å². The molecule has 0 radical (unpaired) electrons. The fourth-order valence-corrected chi connectivity index (χ4v) is 4.94. The summed E-state index contributed by atoms with van der Waals surface area (Å²) in [7, 11) is 0. The molecular formula is C20H24N6O3S. The number of hydrogen-bond acceptors (Lipinski definition) is 7. The predicted molar refractivity (Wildman–Crippen MR) is 113 cm³/mol. The molecular weight excluding hydrogens is 404 g/mol. The average molecular weight is 429 g/mol. The van der Waals surface area contributed by atoms with Crippen LogP contribution in [-0.4, -0.2) is 51.3 Å². The third-order valence-electron chi connectivity index (χ3n) is 5.41. The second-order valence-corrected chi connectivity index (χ2v) is 8.97. The van der Waals surface area contributed by atoms with Crippen molar-refractivity contribution in [3.05, 3.63) is 34.6 Å². The van der Waals surface area contributed by atoms with Gasteiger partial charge >= 0.3 is 6.03 Å². The summed E-state index contributed by atoms with van der Waals surface area (Å²) in [4.78, 5) is 50.1. The lowest BCUT2D eigenvalue weighted by Crippen LogP contribution is -2.54. The molecule has 4 heterocycles. The number of nitrogens with zero attached hydrogens (tertiary/aromatic N) is 4. The highest BCUT2D eigenvalue weighted by molar-refractivity contribution is 7.15. The second kappa shape index (κ2) is 7.77. The van der Waals surface area contributed by atoms with E-state index in [1.165, 1.54) is 23.2 Å². The number of hydrogen-bond donors (Lipinski definition) is 2. The molecule has 10 heteroatoms. The Labute approximate surface area is 178 Å². The molecule has 2 aliphatic heterocycles. The maximum absolute atomic E-state index is 13.2. The number of rotatable bonds is 4. The standard InChI is InChI=1S/C20H24N6O3S/c1-12-8-15(9-13(2)22-12)26-17(28)20(24-19(26)29)4-6-25(7-5-20)11-16-10-21-18(30-16)23-14(3)27/h8-10H,4-7,11H2,1-3H3,(H,24,29)(H,21,23,27). The first-order valence-electron chi connectivity index (χ1n) is 9.82. The lowest BCUT2D eigenvalue weighted by atomic mass is 9.87. The van der Waals surface area contributed by atoms with Crippen LogP contribution in [0.4, 0.5) is 15.6 Å². The van der Waals surface area contributed by atoms with Crippen LogP contribution < -0.4 is 15.5 Å². The Morgan fingerprint density at radius 2 is 1.90 bits per heavy atom. The van der Waals surface area contributed by atoms with Crippen LogP contribution in [0.1, 0.15) is 36.0 Å². The van der Waals surface area contributed by atoms with E-state index in [-0.39, 0.29) is 17.8 Å². The number of piperidine rings is 1. The molecule has 9 nitrogen and oxygen atoms in total. The fraction of sp³-hybridized carbons (Fsp3) is 0.450. The molecule has 1 spiro atoms. The summed E-state index contributed by atoms with van der Waals surface area (Å²) in [6, 6.07) is 3.14. The van der Waals surface area contributed by atoms with Crippen LogP contribution in [0.25, 0.3) is 0 Å². The van der Waals surface area contributed by atoms with E-state index in [1.807, 2.05) is 13.8 Å². The number of carbonyl (C=O) groups is 3. The molecule has 0 aliphatic carbocycles. The average Bonchev–Trinajstić information content (AvgIpc) is 3.18. The van der Waals surface area contributed by atoms with Crippen molar-refractivity contribution in [3.8, 4) is 0 Å².